The van der Waals surface area contributed by atoms with E-state index in [1.165, 1.54) is 0 Å². The third kappa shape index (κ3) is 6.19. The minimum absolute atomic E-state index is 0.0867. The van der Waals surface area contributed by atoms with Gasteiger partial charge in [-0.15, -0.1) is 0 Å². The number of amides is 2. The van der Waals surface area contributed by atoms with Crippen molar-refractivity contribution in [2.45, 2.75) is 45.8 Å². The zero-order valence-corrected chi connectivity index (χ0v) is 22.2. The quantitative estimate of drug-likeness (QED) is 0.370. The number of rotatable bonds is 9. The number of carbonyl (C=O) groups is 2. The zero-order chi connectivity index (χ0) is 26.5. The summed E-state index contributed by atoms with van der Waals surface area (Å²) < 4.78 is 11.2. The van der Waals surface area contributed by atoms with Crippen LogP contribution in [0, 0.1) is 5.92 Å². The topological polar surface area (TPSA) is 104 Å². The number of carbonyl (C=O) groups excluding carboxylic acids is 2. The molecule has 8 nitrogen and oxygen atoms in total. The molecule has 0 fully saturated rings. The summed E-state index contributed by atoms with van der Waals surface area (Å²) in [6.07, 6.45) is 0.0527. The number of aliphatic hydroxyl groups is 1. The molecule has 2 heterocycles. The van der Waals surface area contributed by atoms with Crippen molar-refractivity contribution in [1.82, 2.24) is 15.2 Å². The second-order valence-corrected chi connectivity index (χ2v) is 9.95. The first-order valence-corrected chi connectivity index (χ1v) is 13.1. The van der Waals surface area contributed by atoms with Crippen molar-refractivity contribution in [1.29, 1.82) is 0 Å². The van der Waals surface area contributed by atoms with E-state index in [2.05, 4.69) is 10.3 Å². The lowest BCUT2D eigenvalue weighted by atomic mass is 9.92. The monoisotopic (exact) mass is 527 g/mol. The maximum absolute atomic E-state index is 12.9. The van der Waals surface area contributed by atoms with E-state index in [-0.39, 0.29) is 30.5 Å². The number of halogens is 1. The van der Waals surface area contributed by atoms with Crippen molar-refractivity contribution >= 4 is 34.5 Å². The average Bonchev–Trinajstić information content (AvgIpc) is 3.25. The third-order valence-corrected chi connectivity index (χ3v) is 6.78. The molecule has 1 aliphatic heterocycles. The molecular weight excluding hydrogens is 494 g/mol. The number of aromatic nitrogens is 1. The van der Waals surface area contributed by atoms with Crippen LogP contribution in [0.1, 0.15) is 50.1 Å². The Labute approximate surface area is 221 Å². The van der Waals surface area contributed by atoms with Gasteiger partial charge in [-0.1, -0.05) is 37.6 Å². The Balaban J connectivity index is 1.48. The molecule has 0 aliphatic carbocycles. The van der Waals surface area contributed by atoms with Crippen molar-refractivity contribution in [3.8, 4) is 5.75 Å². The van der Waals surface area contributed by atoms with Crippen molar-refractivity contribution in [3.63, 3.8) is 0 Å². The van der Waals surface area contributed by atoms with Gasteiger partial charge in [0.1, 0.15) is 11.8 Å². The largest absolute Gasteiger partial charge is 0.493 e. The predicted octanol–water partition coefficient (Wildman–Crippen LogP) is 4.83. The molecule has 0 saturated carbocycles. The Kier molecular flexibility index (Phi) is 8.61. The lowest BCUT2D eigenvalue weighted by Crippen LogP contribution is -2.40. The van der Waals surface area contributed by atoms with Crippen LogP contribution in [-0.2, 0) is 16.0 Å². The Morgan fingerprint density at radius 2 is 1.97 bits per heavy atom. The van der Waals surface area contributed by atoms with E-state index in [9.17, 15) is 14.7 Å². The van der Waals surface area contributed by atoms with Gasteiger partial charge in [0, 0.05) is 47.0 Å². The van der Waals surface area contributed by atoms with Gasteiger partial charge in [-0.2, -0.15) is 0 Å². The van der Waals surface area contributed by atoms with Gasteiger partial charge in [0.05, 0.1) is 19.3 Å². The van der Waals surface area contributed by atoms with Crippen LogP contribution in [0.2, 0.25) is 5.02 Å². The molecule has 2 aromatic carbocycles. The normalized spacial score (nSPS) is 15.9. The fraction of sp³-hybridized carbons (Fsp3) is 0.429. The highest BCUT2D eigenvalue weighted by molar-refractivity contribution is 6.31. The van der Waals surface area contributed by atoms with Gasteiger partial charge in [0.2, 0.25) is 5.91 Å². The van der Waals surface area contributed by atoms with Crippen LogP contribution in [0.25, 0.3) is 10.9 Å². The molecular formula is C28H34ClN3O5. The number of hydrogen-bond acceptors (Lipinski definition) is 5. The molecule has 2 unspecified atom stereocenters. The van der Waals surface area contributed by atoms with Crippen LogP contribution in [-0.4, -0.2) is 59.4 Å². The average molecular weight is 528 g/mol. The molecule has 37 heavy (non-hydrogen) atoms. The Hall–Kier alpha value is -3.23. The van der Waals surface area contributed by atoms with Crippen LogP contribution in [0.5, 0.6) is 5.75 Å². The van der Waals surface area contributed by atoms with Crippen molar-refractivity contribution in [2.75, 3.05) is 26.3 Å². The number of fused-ring (bicyclic) bond motifs is 3. The molecule has 3 N–H and O–H groups in total. The van der Waals surface area contributed by atoms with Crippen molar-refractivity contribution < 1.29 is 24.2 Å². The highest BCUT2D eigenvalue weighted by Crippen LogP contribution is 2.39. The number of aromatic amines is 1. The van der Waals surface area contributed by atoms with E-state index in [1.54, 1.807) is 11.8 Å². The molecule has 2 atom stereocenters. The molecule has 3 aromatic rings. The highest BCUT2D eigenvalue weighted by Gasteiger charge is 2.35. The van der Waals surface area contributed by atoms with Gasteiger partial charge in [-0.05, 0) is 54.8 Å². The summed E-state index contributed by atoms with van der Waals surface area (Å²) >= 11 is 6.27. The first-order chi connectivity index (χ1) is 17.8. The summed E-state index contributed by atoms with van der Waals surface area (Å²) in [6, 6.07) is 13.0. The van der Waals surface area contributed by atoms with Gasteiger partial charge in [-0.3, -0.25) is 9.69 Å². The molecule has 9 heteroatoms. The number of hydrogen-bond donors (Lipinski definition) is 3. The minimum Gasteiger partial charge on any atom is -0.493 e. The van der Waals surface area contributed by atoms with Crippen LogP contribution in [0.15, 0.2) is 42.5 Å². The van der Waals surface area contributed by atoms with Crippen LogP contribution < -0.4 is 10.1 Å². The second kappa shape index (κ2) is 11.9. The maximum atomic E-state index is 12.9. The van der Waals surface area contributed by atoms with E-state index >= 15 is 0 Å². The number of nitrogens with zero attached hydrogens (tertiary/aromatic N) is 1. The van der Waals surface area contributed by atoms with E-state index in [0.717, 1.165) is 27.7 Å². The molecule has 198 valence electrons. The first-order valence-electron chi connectivity index (χ1n) is 12.7. The Morgan fingerprint density at radius 3 is 2.68 bits per heavy atom. The van der Waals surface area contributed by atoms with Gasteiger partial charge >= 0.3 is 6.09 Å². The summed E-state index contributed by atoms with van der Waals surface area (Å²) in [6.45, 7) is 6.75. The van der Waals surface area contributed by atoms with E-state index in [1.807, 2.05) is 56.3 Å². The Bertz CT molecular complexity index is 1240. The lowest BCUT2D eigenvalue weighted by Gasteiger charge is -2.35. The number of aliphatic hydroxyl groups excluding tert-OH is 1. The molecule has 0 spiro atoms. The molecule has 0 radical (unpaired) electrons. The first kappa shape index (κ1) is 26.8. The molecule has 1 aliphatic rings. The van der Waals surface area contributed by atoms with Crippen LogP contribution >= 0.6 is 11.6 Å². The summed E-state index contributed by atoms with van der Waals surface area (Å²) in [4.78, 5) is 29.8. The molecule has 0 saturated heterocycles. The van der Waals surface area contributed by atoms with E-state index < -0.39 is 6.10 Å². The number of H-pyrrole nitrogens is 1. The minimum atomic E-state index is -0.684. The van der Waals surface area contributed by atoms with E-state index in [0.29, 0.717) is 43.4 Å². The third-order valence-electron chi connectivity index (χ3n) is 6.54. The fourth-order valence-corrected chi connectivity index (χ4v) is 4.77. The summed E-state index contributed by atoms with van der Waals surface area (Å²) in [5, 5.41) is 14.6. The molecule has 4 rings (SSSR count). The zero-order valence-electron chi connectivity index (χ0n) is 21.4. The Morgan fingerprint density at radius 1 is 1.22 bits per heavy atom. The van der Waals surface area contributed by atoms with Gasteiger partial charge < -0.3 is 24.9 Å². The summed E-state index contributed by atoms with van der Waals surface area (Å²) in [5.41, 5.74) is 4.02. The predicted molar refractivity (Wildman–Crippen MR) is 143 cm³/mol. The molecule has 2 amide bonds. The molecule has 1 aromatic heterocycles. The second-order valence-electron chi connectivity index (χ2n) is 9.51. The standard InChI is InChI=1S/C28H34ClN3O5/c1-4-36-28(35)32-13-11-22-23-15-19(29)7-10-24(23)31-25(22)26(32)18-5-8-21(9-6-18)37-14-12-20(33)16-30-27(34)17(2)3/h5-10,15,17,20,26,31,33H,4,11-14,16H2,1-3H3,(H,30,34). The SMILES string of the molecule is CCOC(=O)N1CCc2c([nH]c3ccc(Cl)cc23)C1c1ccc(OCCC(O)CNC(=O)C(C)C)cc1. The summed E-state index contributed by atoms with van der Waals surface area (Å²) in [5.74, 6) is 0.449. The fourth-order valence-electron chi connectivity index (χ4n) is 4.59. The smallest absolute Gasteiger partial charge is 0.410 e. The lowest BCUT2D eigenvalue weighted by molar-refractivity contribution is -0.124. The van der Waals surface area contributed by atoms with Gasteiger partial charge in [-0.25, -0.2) is 4.79 Å². The number of nitrogens with one attached hydrogen (secondary N) is 2. The van der Waals surface area contributed by atoms with Crippen LogP contribution in [0.4, 0.5) is 4.79 Å². The van der Waals surface area contributed by atoms with Crippen molar-refractivity contribution in [2.24, 2.45) is 5.92 Å². The van der Waals surface area contributed by atoms with E-state index in [4.69, 9.17) is 21.1 Å². The highest BCUT2D eigenvalue weighted by atomic mass is 35.5. The van der Waals surface area contributed by atoms with Crippen molar-refractivity contribution in [3.05, 3.63) is 64.3 Å². The number of ether oxygens (including phenoxy) is 2. The number of benzene rings is 2. The summed E-state index contributed by atoms with van der Waals surface area (Å²) in [7, 11) is 0. The van der Waals surface area contributed by atoms with Gasteiger partial charge in [0.15, 0.2) is 0 Å². The molecule has 0 bridgehead atoms. The maximum Gasteiger partial charge on any atom is 0.410 e. The van der Waals surface area contributed by atoms with Crippen LogP contribution in [0.3, 0.4) is 0 Å². The van der Waals surface area contributed by atoms with Gasteiger partial charge in [0.25, 0.3) is 0 Å².